The predicted octanol–water partition coefficient (Wildman–Crippen LogP) is 4.22. The minimum atomic E-state index is -0.951. The number of rotatable bonds is 7. The molecule has 0 aliphatic rings. The molecule has 0 radical (unpaired) electrons. The average molecular weight is 398 g/mol. The van der Waals surface area contributed by atoms with Gasteiger partial charge in [0.05, 0.1) is 18.4 Å². The summed E-state index contributed by atoms with van der Waals surface area (Å²) in [7, 11) is 0. The Bertz CT molecular complexity index is 986. The highest BCUT2D eigenvalue weighted by Crippen LogP contribution is 2.19. The zero-order chi connectivity index (χ0) is 20.8. The molecule has 1 N–H and O–H groups in total. The molecule has 2 amide bonds. The summed E-state index contributed by atoms with van der Waals surface area (Å²) in [5, 5.41) is 2.49. The average Bonchev–Trinajstić information content (AvgIpc) is 3.20. The number of carbonyl (C=O) groups excluding carboxylic acids is 2. The highest BCUT2D eigenvalue weighted by molar-refractivity contribution is 5.96. The Kier molecular flexibility index (Phi) is 6.39. The van der Waals surface area contributed by atoms with Gasteiger partial charge in [0.25, 0.3) is 5.91 Å². The highest BCUT2D eigenvalue weighted by atomic mass is 19.1. The van der Waals surface area contributed by atoms with Gasteiger partial charge in [-0.15, -0.1) is 0 Å². The van der Waals surface area contributed by atoms with Gasteiger partial charge in [-0.2, -0.15) is 0 Å². The van der Waals surface area contributed by atoms with Gasteiger partial charge in [0.15, 0.2) is 0 Å². The zero-order valence-corrected chi connectivity index (χ0v) is 15.8. The molecule has 0 saturated carbocycles. The standard InChI is InChI=1S/C22H20F2N2O3/c1-15-4-7-17(8-5-15)26(14-18-3-2-12-29-18)21(27)10-11-25-22(28)19-9-6-16(23)13-20(19)24/h2-9,12-13H,10-11,14H2,1H3,(H,25,28). The van der Waals surface area contributed by atoms with Gasteiger partial charge in [0.1, 0.15) is 17.4 Å². The molecule has 0 saturated heterocycles. The molecule has 3 rings (SSSR count). The summed E-state index contributed by atoms with van der Waals surface area (Å²) < 4.78 is 32.0. The first kappa shape index (κ1) is 20.3. The number of amides is 2. The van der Waals surface area contributed by atoms with E-state index in [0.29, 0.717) is 17.5 Å². The van der Waals surface area contributed by atoms with Gasteiger partial charge in [0, 0.05) is 24.7 Å². The van der Waals surface area contributed by atoms with Crippen LogP contribution in [0.25, 0.3) is 0 Å². The Morgan fingerprint density at radius 2 is 1.83 bits per heavy atom. The number of carbonyl (C=O) groups is 2. The molecule has 0 atom stereocenters. The third kappa shape index (κ3) is 5.28. The van der Waals surface area contributed by atoms with Crippen LogP contribution in [0.2, 0.25) is 0 Å². The molecule has 2 aromatic carbocycles. The maximum atomic E-state index is 13.7. The third-order valence-electron chi connectivity index (χ3n) is 4.34. The Labute approximate surface area is 166 Å². The van der Waals surface area contributed by atoms with Crippen LogP contribution in [0, 0.1) is 18.6 Å². The lowest BCUT2D eigenvalue weighted by atomic mass is 10.2. The molecule has 1 aromatic heterocycles. The van der Waals surface area contributed by atoms with E-state index in [1.165, 1.54) is 6.26 Å². The van der Waals surface area contributed by atoms with Crippen LogP contribution < -0.4 is 10.2 Å². The molecule has 1 heterocycles. The van der Waals surface area contributed by atoms with Gasteiger partial charge < -0.3 is 14.6 Å². The molecule has 3 aromatic rings. The number of benzene rings is 2. The number of furan rings is 1. The van der Waals surface area contributed by atoms with Gasteiger partial charge in [-0.3, -0.25) is 9.59 Å². The van der Waals surface area contributed by atoms with Crippen LogP contribution in [-0.4, -0.2) is 18.4 Å². The molecule has 7 heteroatoms. The van der Waals surface area contributed by atoms with Crippen molar-refractivity contribution in [3.63, 3.8) is 0 Å². The van der Waals surface area contributed by atoms with Crippen molar-refractivity contribution in [3.05, 3.63) is 89.4 Å². The van der Waals surface area contributed by atoms with E-state index in [4.69, 9.17) is 4.42 Å². The minimum Gasteiger partial charge on any atom is -0.467 e. The molecule has 0 unspecified atom stereocenters. The number of hydrogen-bond acceptors (Lipinski definition) is 3. The Balaban J connectivity index is 1.65. The minimum absolute atomic E-state index is 0.00311. The number of nitrogens with one attached hydrogen (secondary N) is 1. The summed E-state index contributed by atoms with van der Waals surface area (Å²) in [6, 6.07) is 13.7. The summed E-state index contributed by atoms with van der Waals surface area (Å²) in [4.78, 5) is 26.4. The lowest BCUT2D eigenvalue weighted by molar-refractivity contribution is -0.118. The fourth-order valence-electron chi connectivity index (χ4n) is 2.79. The van der Waals surface area contributed by atoms with E-state index in [-0.39, 0.29) is 31.0 Å². The van der Waals surface area contributed by atoms with Crippen LogP contribution in [0.5, 0.6) is 0 Å². The summed E-state index contributed by atoms with van der Waals surface area (Å²) in [5.74, 6) is -2.03. The number of aryl methyl sites for hydroxylation is 1. The van der Waals surface area contributed by atoms with E-state index < -0.39 is 17.5 Å². The summed E-state index contributed by atoms with van der Waals surface area (Å²) in [6.07, 6.45) is 1.54. The largest absolute Gasteiger partial charge is 0.467 e. The number of nitrogens with zero attached hydrogens (tertiary/aromatic N) is 1. The molecular formula is C22H20F2N2O3. The molecule has 0 bridgehead atoms. The van der Waals surface area contributed by atoms with E-state index in [0.717, 1.165) is 17.7 Å². The fraction of sp³-hybridized carbons (Fsp3) is 0.182. The first-order chi connectivity index (χ1) is 13.9. The van der Waals surface area contributed by atoms with Crippen LogP contribution in [0.4, 0.5) is 14.5 Å². The molecule has 5 nitrogen and oxygen atoms in total. The van der Waals surface area contributed by atoms with Gasteiger partial charge in [0.2, 0.25) is 5.91 Å². The lowest BCUT2D eigenvalue weighted by Crippen LogP contribution is -2.34. The second-order valence-electron chi connectivity index (χ2n) is 6.52. The summed E-state index contributed by atoms with van der Waals surface area (Å²) in [5.41, 5.74) is 1.49. The molecular weight excluding hydrogens is 378 g/mol. The molecule has 0 aliphatic heterocycles. The van der Waals surface area contributed by atoms with Crippen LogP contribution in [0.3, 0.4) is 0 Å². The number of hydrogen-bond donors (Lipinski definition) is 1. The van der Waals surface area contributed by atoms with Crippen molar-refractivity contribution < 1.29 is 22.8 Å². The molecule has 0 spiro atoms. The van der Waals surface area contributed by atoms with Crippen molar-refractivity contribution >= 4 is 17.5 Å². The third-order valence-corrected chi connectivity index (χ3v) is 4.34. The molecule has 29 heavy (non-hydrogen) atoms. The topological polar surface area (TPSA) is 62.6 Å². The van der Waals surface area contributed by atoms with Crippen molar-refractivity contribution in [2.45, 2.75) is 19.9 Å². The van der Waals surface area contributed by atoms with E-state index >= 15 is 0 Å². The van der Waals surface area contributed by atoms with Crippen LogP contribution >= 0.6 is 0 Å². The lowest BCUT2D eigenvalue weighted by Gasteiger charge is -2.22. The van der Waals surface area contributed by atoms with E-state index in [1.54, 1.807) is 17.0 Å². The van der Waals surface area contributed by atoms with Crippen LogP contribution in [-0.2, 0) is 11.3 Å². The molecule has 0 aliphatic carbocycles. The van der Waals surface area contributed by atoms with Crippen molar-refractivity contribution in [1.29, 1.82) is 0 Å². The van der Waals surface area contributed by atoms with Crippen LogP contribution in [0.1, 0.15) is 28.1 Å². The van der Waals surface area contributed by atoms with E-state index in [9.17, 15) is 18.4 Å². The molecule has 150 valence electrons. The first-order valence-corrected chi connectivity index (χ1v) is 9.06. The fourth-order valence-corrected chi connectivity index (χ4v) is 2.79. The quantitative estimate of drug-likeness (QED) is 0.648. The van der Waals surface area contributed by atoms with Crippen molar-refractivity contribution in [2.24, 2.45) is 0 Å². The second-order valence-corrected chi connectivity index (χ2v) is 6.52. The Morgan fingerprint density at radius 3 is 2.48 bits per heavy atom. The second kappa shape index (κ2) is 9.14. The van der Waals surface area contributed by atoms with Gasteiger partial charge in [-0.05, 0) is 43.3 Å². The van der Waals surface area contributed by atoms with Crippen LogP contribution in [0.15, 0.2) is 65.3 Å². The van der Waals surface area contributed by atoms with E-state index in [2.05, 4.69) is 5.32 Å². The Hall–Kier alpha value is -3.48. The normalized spacial score (nSPS) is 10.6. The summed E-state index contributed by atoms with van der Waals surface area (Å²) >= 11 is 0. The maximum absolute atomic E-state index is 13.7. The monoisotopic (exact) mass is 398 g/mol. The van der Waals surface area contributed by atoms with Crippen molar-refractivity contribution in [1.82, 2.24) is 5.32 Å². The predicted molar refractivity (Wildman–Crippen MR) is 104 cm³/mol. The Morgan fingerprint density at radius 1 is 1.07 bits per heavy atom. The number of anilines is 1. The zero-order valence-electron chi connectivity index (χ0n) is 15.8. The van der Waals surface area contributed by atoms with Gasteiger partial charge >= 0.3 is 0 Å². The SMILES string of the molecule is Cc1ccc(N(Cc2ccco2)C(=O)CCNC(=O)c2ccc(F)cc2F)cc1. The van der Waals surface area contributed by atoms with Crippen molar-refractivity contribution in [3.8, 4) is 0 Å². The smallest absolute Gasteiger partial charge is 0.254 e. The van der Waals surface area contributed by atoms with E-state index in [1.807, 2.05) is 31.2 Å². The maximum Gasteiger partial charge on any atom is 0.254 e. The highest BCUT2D eigenvalue weighted by Gasteiger charge is 2.18. The molecule has 0 fully saturated rings. The van der Waals surface area contributed by atoms with Gasteiger partial charge in [-0.1, -0.05) is 17.7 Å². The van der Waals surface area contributed by atoms with Crippen molar-refractivity contribution in [2.75, 3.05) is 11.4 Å². The number of halogens is 2. The van der Waals surface area contributed by atoms with Gasteiger partial charge in [-0.25, -0.2) is 8.78 Å². The first-order valence-electron chi connectivity index (χ1n) is 9.06. The summed E-state index contributed by atoms with van der Waals surface area (Å²) in [6.45, 7) is 2.21.